The van der Waals surface area contributed by atoms with E-state index in [0.717, 1.165) is 31.2 Å². The third-order valence-electron chi connectivity index (χ3n) is 8.51. The zero-order valence-electron chi connectivity index (χ0n) is 18.4. The first-order chi connectivity index (χ1) is 13.8. The molecular weight excluding hydrogens is 356 g/mol. The molecule has 3 aliphatic rings. The zero-order chi connectivity index (χ0) is 20.7. The number of hydrogen-bond donors (Lipinski definition) is 0. The summed E-state index contributed by atoms with van der Waals surface area (Å²) in [5.41, 5.74) is 2.67. The lowest BCUT2D eigenvalue weighted by Crippen LogP contribution is -2.53. The summed E-state index contributed by atoms with van der Waals surface area (Å²) in [5, 5.41) is 0. The molecule has 0 heterocycles. The van der Waals surface area contributed by atoms with Gasteiger partial charge in [-0.25, -0.2) is 0 Å². The number of ether oxygens (including phenoxy) is 1. The Morgan fingerprint density at radius 1 is 1.17 bits per heavy atom. The van der Waals surface area contributed by atoms with Gasteiger partial charge in [-0.15, -0.1) is 6.58 Å². The highest BCUT2D eigenvalue weighted by atomic mass is 16.5. The van der Waals surface area contributed by atoms with Crippen LogP contribution in [-0.2, 0) is 16.1 Å². The summed E-state index contributed by atoms with van der Waals surface area (Å²) in [6, 6.07) is 10.0. The Morgan fingerprint density at radius 2 is 1.93 bits per heavy atom. The van der Waals surface area contributed by atoms with Gasteiger partial charge in [0.15, 0.2) is 0 Å². The van der Waals surface area contributed by atoms with Gasteiger partial charge in [0.05, 0.1) is 5.41 Å². The topological polar surface area (TPSA) is 26.3 Å². The van der Waals surface area contributed by atoms with Gasteiger partial charge in [0.1, 0.15) is 6.61 Å². The molecule has 0 bridgehead atoms. The van der Waals surface area contributed by atoms with Crippen LogP contribution in [0.3, 0.4) is 0 Å². The zero-order valence-corrected chi connectivity index (χ0v) is 18.4. The maximum atomic E-state index is 13.3. The van der Waals surface area contributed by atoms with Crippen LogP contribution in [0.15, 0.2) is 54.6 Å². The van der Waals surface area contributed by atoms with Gasteiger partial charge in [0.25, 0.3) is 0 Å². The first-order valence-electron chi connectivity index (χ1n) is 11.4. The molecule has 0 unspecified atom stereocenters. The molecule has 0 aliphatic heterocycles. The van der Waals surface area contributed by atoms with Crippen molar-refractivity contribution in [3.05, 3.63) is 60.2 Å². The molecule has 0 N–H and O–H groups in total. The Hall–Kier alpha value is -1.83. The molecule has 1 aromatic rings. The number of carbonyl (C=O) groups excluding carboxylic acids is 1. The summed E-state index contributed by atoms with van der Waals surface area (Å²) >= 11 is 0. The lowest BCUT2D eigenvalue weighted by molar-refractivity contribution is -0.169. The van der Waals surface area contributed by atoms with Crippen molar-refractivity contribution < 1.29 is 9.53 Å². The molecule has 0 saturated heterocycles. The predicted octanol–water partition coefficient (Wildman–Crippen LogP) is 6.87. The van der Waals surface area contributed by atoms with Crippen molar-refractivity contribution in [3.8, 4) is 0 Å². The molecule has 5 atom stereocenters. The average molecular weight is 393 g/mol. The van der Waals surface area contributed by atoms with Crippen LogP contribution in [0.2, 0.25) is 0 Å². The predicted molar refractivity (Wildman–Crippen MR) is 118 cm³/mol. The van der Waals surface area contributed by atoms with Crippen LogP contribution < -0.4 is 0 Å². The first-order valence-corrected chi connectivity index (χ1v) is 11.4. The van der Waals surface area contributed by atoms with Gasteiger partial charge in [-0.3, -0.25) is 4.79 Å². The molecule has 0 amide bonds. The van der Waals surface area contributed by atoms with Crippen LogP contribution in [0.5, 0.6) is 0 Å². The van der Waals surface area contributed by atoms with E-state index in [4.69, 9.17) is 4.74 Å². The van der Waals surface area contributed by atoms with E-state index in [1.54, 1.807) is 5.57 Å². The summed E-state index contributed by atoms with van der Waals surface area (Å²) in [6.07, 6.45) is 12.5. The number of fused-ring (bicyclic) bond motifs is 3. The molecule has 1 aromatic carbocycles. The van der Waals surface area contributed by atoms with Gasteiger partial charge in [-0.05, 0) is 73.7 Å². The van der Waals surface area contributed by atoms with Gasteiger partial charge in [0.2, 0.25) is 0 Å². The summed E-state index contributed by atoms with van der Waals surface area (Å²) in [4.78, 5) is 13.3. The minimum atomic E-state index is -0.382. The smallest absolute Gasteiger partial charge is 0.312 e. The standard InChI is InChI=1S/C27H36O2/c1-5-25(2)17-14-22-21(18-25)12-13-23-26(22,3)15-9-16-27(23,4)24(28)29-19-20-10-7-6-8-11-20/h5-8,10-11,14,21,23H,1,9,12-13,15-19H2,2-4H3/t21-,23-,25-,26-,27+/m0/s1. The molecule has 4 rings (SSSR count). The van der Waals surface area contributed by atoms with Crippen molar-refractivity contribution in [1.82, 2.24) is 0 Å². The van der Waals surface area contributed by atoms with Crippen molar-refractivity contribution in [2.45, 2.75) is 72.3 Å². The van der Waals surface area contributed by atoms with Crippen molar-refractivity contribution in [2.75, 3.05) is 0 Å². The molecule has 29 heavy (non-hydrogen) atoms. The maximum Gasteiger partial charge on any atom is 0.312 e. The first kappa shape index (κ1) is 20.4. The van der Waals surface area contributed by atoms with Crippen LogP contribution in [0.1, 0.15) is 71.3 Å². The van der Waals surface area contributed by atoms with E-state index < -0.39 is 0 Å². The van der Waals surface area contributed by atoms with Crippen LogP contribution in [-0.4, -0.2) is 5.97 Å². The van der Waals surface area contributed by atoms with E-state index in [1.807, 2.05) is 30.3 Å². The highest BCUT2D eigenvalue weighted by Crippen LogP contribution is 2.64. The lowest BCUT2D eigenvalue weighted by Gasteiger charge is -2.58. The summed E-state index contributed by atoms with van der Waals surface area (Å²) in [5.74, 6) is 1.03. The number of esters is 1. The number of rotatable bonds is 4. The van der Waals surface area contributed by atoms with E-state index in [1.165, 1.54) is 19.3 Å². The highest BCUT2D eigenvalue weighted by Gasteiger charge is 2.58. The van der Waals surface area contributed by atoms with Crippen LogP contribution in [0.25, 0.3) is 0 Å². The summed E-state index contributed by atoms with van der Waals surface area (Å²) in [7, 11) is 0. The fraction of sp³-hybridized carbons (Fsp3) is 0.593. The Morgan fingerprint density at radius 3 is 2.66 bits per heavy atom. The number of hydrogen-bond acceptors (Lipinski definition) is 2. The van der Waals surface area contributed by atoms with Crippen molar-refractivity contribution >= 4 is 5.97 Å². The Balaban J connectivity index is 1.56. The van der Waals surface area contributed by atoms with E-state index in [9.17, 15) is 4.79 Å². The fourth-order valence-corrected chi connectivity index (χ4v) is 6.75. The van der Waals surface area contributed by atoms with E-state index >= 15 is 0 Å². The number of allylic oxidation sites excluding steroid dienone is 3. The second-order valence-electron chi connectivity index (χ2n) is 10.5. The second kappa shape index (κ2) is 7.45. The molecule has 156 valence electrons. The van der Waals surface area contributed by atoms with Crippen LogP contribution >= 0.6 is 0 Å². The summed E-state index contributed by atoms with van der Waals surface area (Å²) in [6.45, 7) is 11.4. The Kier molecular flexibility index (Phi) is 5.25. The fourth-order valence-electron chi connectivity index (χ4n) is 6.75. The number of benzene rings is 1. The van der Waals surface area contributed by atoms with Crippen molar-refractivity contribution in [1.29, 1.82) is 0 Å². The van der Waals surface area contributed by atoms with Gasteiger partial charge in [-0.2, -0.15) is 0 Å². The SMILES string of the molecule is C=C[C@@]1(C)CC=C2[C@@H](CC[C@@H]3[C@](C)(C(=O)OCc4ccccc4)CCC[C@@]23C)C1. The third-order valence-corrected chi connectivity index (χ3v) is 8.51. The van der Waals surface area contributed by atoms with Crippen LogP contribution in [0, 0.1) is 28.1 Å². The van der Waals surface area contributed by atoms with Gasteiger partial charge in [-0.1, -0.05) is 68.3 Å². The largest absolute Gasteiger partial charge is 0.460 e. The van der Waals surface area contributed by atoms with Gasteiger partial charge >= 0.3 is 5.97 Å². The van der Waals surface area contributed by atoms with Gasteiger partial charge in [0, 0.05) is 0 Å². The second-order valence-corrected chi connectivity index (χ2v) is 10.5. The molecule has 2 fully saturated rings. The molecular formula is C27H36O2. The number of carbonyl (C=O) groups is 1. The lowest BCUT2D eigenvalue weighted by atomic mass is 9.46. The molecule has 2 heteroatoms. The summed E-state index contributed by atoms with van der Waals surface area (Å²) < 4.78 is 5.88. The van der Waals surface area contributed by atoms with E-state index in [0.29, 0.717) is 18.4 Å². The molecule has 0 radical (unpaired) electrons. The highest BCUT2D eigenvalue weighted by molar-refractivity contribution is 5.77. The van der Waals surface area contributed by atoms with Crippen molar-refractivity contribution in [3.63, 3.8) is 0 Å². The molecule has 0 aromatic heterocycles. The molecule has 3 aliphatic carbocycles. The maximum absolute atomic E-state index is 13.3. The third kappa shape index (κ3) is 3.49. The average Bonchev–Trinajstić information content (AvgIpc) is 2.72. The van der Waals surface area contributed by atoms with Gasteiger partial charge < -0.3 is 4.74 Å². The van der Waals surface area contributed by atoms with E-state index in [-0.39, 0.29) is 22.2 Å². The minimum absolute atomic E-state index is 0.00284. The monoisotopic (exact) mass is 392 g/mol. The molecule has 2 saturated carbocycles. The van der Waals surface area contributed by atoms with Crippen LogP contribution in [0.4, 0.5) is 0 Å². The van der Waals surface area contributed by atoms with E-state index in [2.05, 4.69) is 39.5 Å². The molecule has 2 nitrogen and oxygen atoms in total. The quantitative estimate of drug-likeness (QED) is 0.413. The Bertz CT molecular complexity index is 809. The Labute approximate surface area is 176 Å². The molecule has 0 spiro atoms. The minimum Gasteiger partial charge on any atom is -0.460 e. The van der Waals surface area contributed by atoms with Crippen molar-refractivity contribution in [2.24, 2.45) is 28.1 Å². The normalized spacial score (nSPS) is 38.9.